The zero-order valence-electron chi connectivity index (χ0n) is 36.1. The van der Waals surface area contributed by atoms with Gasteiger partial charge in [0.05, 0.1) is 28.7 Å². The molecular formula is C46H59F2N5O4Si. The van der Waals surface area contributed by atoms with Crippen molar-refractivity contribution in [1.82, 2.24) is 19.7 Å². The number of carbonyl (C=O) groups is 1. The number of allylic oxidation sites excluding steroid dienone is 1. The molecule has 2 bridgehead atoms. The van der Waals surface area contributed by atoms with Crippen LogP contribution >= 0.6 is 0 Å². The third-order valence-electron chi connectivity index (χ3n) is 12.4. The molecule has 58 heavy (non-hydrogen) atoms. The number of fused-ring (bicyclic) bond motifs is 5. The normalized spacial score (nSPS) is 18.5. The zero-order chi connectivity index (χ0) is 42.0. The van der Waals surface area contributed by atoms with Gasteiger partial charge in [-0.05, 0) is 99.2 Å². The molecule has 0 N–H and O–H groups in total. The molecule has 2 atom stereocenters. The molecule has 4 aromatic rings. The summed E-state index contributed by atoms with van der Waals surface area (Å²) in [5.41, 5.74) is 6.25. The maximum atomic E-state index is 17.9. The molecule has 1 amide bonds. The molecule has 5 heterocycles. The highest BCUT2D eigenvalue weighted by Gasteiger charge is 2.45. The molecule has 9 nitrogen and oxygen atoms in total. The Balaban J connectivity index is 1.46. The first-order valence-corrected chi connectivity index (χ1v) is 23.1. The van der Waals surface area contributed by atoms with Crippen molar-refractivity contribution in [2.45, 2.75) is 135 Å². The van der Waals surface area contributed by atoms with E-state index in [9.17, 15) is 4.79 Å². The first-order valence-electron chi connectivity index (χ1n) is 20.8. The zero-order valence-corrected chi connectivity index (χ0v) is 37.1. The topological polar surface area (TPSA) is 82.0 Å². The molecular weight excluding hydrogens is 753 g/mol. The van der Waals surface area contributed by atoms with E-state index in [0.717, 1.165) is 25.7 Å². The summed E-state index contributed by atoms with van der Waals surface area (Å²) in [6, 6.07) is 6.55. The highest BCUT2D eigenvalue weighted by molar-refractivity contribution is 6.90. The first-order chi connectivity index (χ1) is 27.4. The third-order valence-corrected chi connectivity index (χ3v) is 18.7. The van der Waals surface area contributed by atoms with Crippen molar-refractivity contribution in [2.75, 3.05) is 31.9 Å². The maximum Gasteiger partial charge on any atom is 0.410 e. The first kappa shape index (κ1) is 41.7. The molecule has 4 aliphatic rings. The minimum absolute atomic E-state index is 0.0207. The summed E-state index contributed by atoms with van der Waals surface area (Å²) >= 11 is 0. The largest absolute Gasteiger partial charge is 0.468 e. The number of pyridine rings is 1. The average Bonchev–Trinajstić information content (AvgIpc) is 3.93. The van der Waals surface area contributed by atoms with E-state index in [1.807, 2.05) is 43.3 Å². The van der Waals surface area contributed by atoms with E-state index in [2.05, 4.69) is 64.5 Å². The van der Waals surface area contributed by atoms with E-state index in [1.165, 1.54) is 13.2 Å². The van der Waals surface area contributed by atoms with Crippen LogP contribution in [0.2, 0.25) is 16.6 Å². The summed E-state index contributed by atoms with van der Waals surface area (Å²) in [6.07, 6.45) is 3.13. The second-order valence-electron chi connectivity index (χ2n) is 18.5. The Morgan fingerprint density at radius 2 is 1.62 bits per heavy atom. The number of amides is 1. The fraction of sp³-hybridized carbons (Fsp3) is 0.543. The number of aromatic nitrogens is 3. The molecule has 0 spiro atoms. The fourth-order valence-electron chi connectivity index (χ4n) is 9.62. The van der Waals surface area contributed by atoms with Crippen LogP contribution in [-0.2, 0) is 9.47 Å². The van der Waals surface area contributed by atoms with Gasteiger partial charge in [-0.15, -0.1) is 5.54 Å². The van der Waals surface area contributed by atoms with Crippen LogP contribution in [0.1, 0.15) is 112 Å². The van der Waals surface area contributed by atoms with Gasteiger partial charge < -0.3 is 24.0 Å². The number of piperazine rings is 1. The Hall–Kier alpha value is -4.47. The summed E-state index contributed by atoms with van der Waals surface area (Å²) in [7, 11) is -0.751. The standard InChI is InChI=1S/C46H59F2N5O4Si/c1-26(2)41-39-43(53(31-14-15-31)50-44(39)51-23-33-17-16-32(51)24-52(33)45(54)57-46(9,10)11)40(48)42(49-41)36-22-34(56-25-55-12)21-30-13-18-37(47)35(38(30)36)19-20-58(27(3)4,28(5)6)29(7)8/h13,18,21-22,27-29,31-33H,1,14-17,23-25H2,2-12H3/t32?,33-/m1/s1. The quantitative estimate of drug-likeness (QED) is 0.0896. The molecule has 1 unspecified atom stereocenters. The average molecular weight is 812 g/mol. The van der Waals surface area contributed by atoms with E-state index >= 15 is 8.78 Å². The number of rotatable bonds is 10. The van der Waals surface area contributed by atoms with E-state index in [0.29, 0.717) is 79.8 Å². The number of anilines is 1. The molecule has 8 rings (SSSR count). The highest BCUT2D eigenvalue weighted by atomic mass is 28.3. The second-order valence-corrected chi connectivity index (χ2v) is 24.1. The Kier molecular flexibility index (Phi) is 11.2. The lowest BCUT2D eigenvalue weighted by Crippen LogP contribution is -2.64. The summed E-state index contributed by atoms with van der Waals surface area (Å²) in [5, 5.41) is 6.91. The van der Waals surface area contributed by atoms with Gasteiger partial charge in [0.2, 0.25) is 0 Å². The molecule has 4 fully saturated rings. The SMILES string of the molecule is C=C(C)c1nc(-c2cc(OCOC)cc3ccc(F)c(C#C[Si](C(C)C)(C(C)C)C(C)C)c23)c(F)c2c1c(N1C[C@H]3CCC1CN3C(=O)OC(C)(C)C)nn2C1CC1. The van der Waals surface area contributed by atoms with E-state index in [1.54, 1.807) is 12.1 Å². The van der Waals surface area contributed by atoms with Crippen LogP contribution in [-0.4, -0.2) is 78.5 Å². The van der Waals surface area contributed by atoms with Gasteiger partial charge in [-0.25, -0.2) is 18.6 Å². The number of nitrogens with zero attached hydrogens (tertiary/aromatic N) is 5. The molecule has 12 heteroatoms. The van der Waals surface area contributed by atoms with E-state index in [-0.39, 0.29) is 42.3 Å². The van der Waals surface area contributed by atoms with Crippen molar-refractivity contribution in [1.29, 1.82) is 0 Å². The van der Waals surface area contributed by atoms with Crippen LogP contribution < -0.4 is 9.64 Å². The number of hydrogen-bond acceptors (Lipinski definition) is 7. The van der Waals surface area contributed by atoms with Crippen LogP contribution in [0.3, 0.4) is 0 Å². The van der Waals surface area contributed by atoms with E-state index in [4.69, 9.17) is 24.3 Å². The number of methoxy groups -OCH3 is 1. The number of hydrogen-bond donors (Lipinski definition) is 0. The molecule has 3 saturated heterocycles. The van der Waals surface area contributed by atoms with Gasteiger partial charge in [0, 0.05) is 37.2 Å². The van der Waals surface area contributed by atoms with Gasteiger partial charge in [0.15, 0.2) is 18.4 Å². The molecule has 310 valence electrons. The lowest BCUT2D eigenvalue weighted by molar-refractivity contribution is 0.000797. The van der Waals surface area contributed by atoms with Crippen molar-refractivity contribution in [3.63, 3.8) is 0 Å². The van der Waals surface area contributed by atoms with Gasteiger partial charge in [0.25, 0.3) is 0 Å². The van der Waals surface area contributed by atoms with Crippen molar-refractivity contribution < 1.29 is 27.8 Å². The Bertz CT molecular complexity index is 2310. The summed E-state index contributed by atoms with van der Waals surface area (Å²) < 4.78 is 53.1. The minimum Gasteiger partial charge on any atom is -0.468 e. The lowest BCUT2D eigenvalue weighted by Gasteiger charge is -2.51. The second kappa shape index (κ2) is 15.6. The van der Waals surface area contributed by atoms with Crippen molar-refractivity contribution in [2.24, 2.45) is 0 Å². The summed E-state index contributed by atoms with van der Waals surface area (Å²) in [5.74, 6) is 3.43. The van der Waals surface area contributed by atoms with Gasteiger partial charge in [-0.3, -0.25) is 4.68 Å². The van der Waals surface area contributed by atoms with Crippen LogP contribution in [0.4, 0.5) is 19.4 Å². The molecule has 2 aromatic carbocycles. The third kappa shape index (κ3) is 7.38. The molecule has 2 aromatic heterocycles. The Morgan fingerprint density at radius 3 is 2.19 bits per heavy atom. The van der Waals surface area contributed by atoms with Crippen molar-refractivity contribution >= 4 is 47.2 Å². The minimum atomic E-state index is -2.29. The Labute approximate surface area is 343 Å². The van der Waals surface area contributed by atoms with Crippen molar-refractivity contribution in [3.8, 4) is 28.5 Å². The monoisotopic (exact) mass is 811 g/mol. The van der Waals surface area contributed by atoms with Gasteiger partial charge in [-0.2, -0.15) is 5.10 Å². The lowest BCUT2D eigenvalue weighted by atomic mass is 9.90. The summed E-state index contributed by atoms with van der Waals surface area (Å²) in [6.45, 7) is 26.2. The number of carbonyl (C=O) groups excluding carboxylic acids is 1. The predicted molar refractivity (Wildman–Crippen MR) is 231 cm³/mol. The molecule has 1 aliphatic carbocycles. The number of piperidine rings is 2. The van der Waals surface area contributed by atoms with Gasteiger partial charge in [0.1, 0.15) is 36.5 Å². The van der Waals surface area contributed by atoms with Crippen LogP contribution in [0.15, 0.2) is 30.8 Å². The molecule has 1 saturated carbocycles. The van der Waals surface area contributed by atoms with Crippen molar-refractivity contribution in [3.05, 3.63) is 53.7 Å². The fourth-order valence-corrected chi connectivity index (χ4v) is 14.8. The highest BCUT2D eigenvalue weighted by Crippen LogP contribution is 2.47. The van der Waals surface area contributed by atoms with Crippen LogP contribution in [0, 0.1) is 23.1 Å². The number of benzene rings is 2. The number of ether oxygens (including phenoxy) is 3. The maximum absolute atomic E-state index is 17.9. The smallest absolute Gasteiger partial charge is 0.410 e. The van der Waals surface area contributed by atoms with Gasteiger partial charge in [-0.1, -0.05) is 60.1 Å². The van der Waals surface area contributed by atoms with Crippen LogP contribution in [0.5, 0.6) is 5.75 Å². The molecule has 3 aliphatic heterocycles. The van der Waals surface area contributed by atoms with Crippen LogP contribution in [0.25, 0.3) is 38.5 Å². The Morgan fingerprint density at radius 1 is 0.966 bits per heavy atom. The predicted octanol–water partition coefficient (Wildman–Crippen LogP) is 11.0. The van der Waals surface area contributed by atoms with E-state index < -0.39 is 25.3 Å². The number of halogens is 2. The summed E-state index contributed by atoms with van der Waals surface area (Å²) in [4.78, 5) is 22.5. The van der Waals surface area contributed by atoms with Gasteiger partial charge >= 0.3 is 6.09 Å². The molecule has 0 radical (unpaired) electrons.